The average molecular weight is 445 g/mol. The van der Waals surface area contributed by atoms with Crippen LogP contribution in [0.5, 0.6) is 0 Å². The molecular formula is C22H28N4O4S. The Hall–Kier alpha value is -2.75. The molecule has 0 radical (unpaired) electrons. The maximum atomic E-state index is 12.5. The summed E-state index contributed by atoms with van der Waals surface area (Å²) in [7, 11) is -3.56. The number of sulfonamides is 1. The number of amides is 2. The third kappa shape index (κ3) is 6.36. The van der Waals surface area contributed by atoms with Crippen molar-refractivity contribution in [2.45, 2.75) is 24.7 Å². The molecule has 31 heavy (non-hydrogen) atoms. The minimum atomic E-state index is -3.56. The SMILES string of the molecule is Cc1ccc(S(=O)(=O)NC[C@H]2CCCN(CC(=O)Nc3ccccc3C(N)=O)C2)cc1. The highest BCUT2D eigenvalue weighted by Gasteiger charge is 2.24. The molecule has 166 valence electrons. The zero-order chi connectivity index (χ0) is 22.4. The highest BCUT2D eigenvalue weighted by atomic mass is 32.2. The van der Waals surface area contributed by atoms with E-state index in [-0.39, 0.29) is 28.8 Å². The van der Waals surface area contributed by atoms with Crippen LogP contribution in [0.25, 0.3) is 0 Å². The number of anilines is 1. The lowest BCUT2D eigenvalue weighted by atomic mass is 9.98. The van der Waals surface area contributed by atoms with Crippen molar-refractivity contribution in [1.82, 2.24) is 9.62 Å². The number of para-hydroxylation sites is 1. The fraction of sp³-hybridized carbons (Fsp3) is 0.364. The molecule has 1 atom stereocenters. The van der Waals surface area contributed by atoms with Crippen molar-refractivity contribution >= 4 is 27.5 Å². The van der Waals surface area contributed by atoms with Gasteiger partial charge in [0.05, 0.1) is 22.7 Å². The summed E-state index contributed by atoms with van der Waals surface area (Å²) in [6, 6.07) is 13.3. The number of nitrogens with zero attached hydrogens (tertiary/aromatic N) is 1. The zero-order valence-electron chi connectivity index (χ0n) is 17.5. The predicted octanol–water partition coefficient (Wildman–Crippen LogP) is 1.72. The van der Waals surface area contributed by atoms with E-state index in [1.165, 1.54) is 0 Å². The van der Waals surface area contributed by atoms with Crippen molar-refractivity contribution in [1.29, 1.82) is 0 Å². The van der Waals surface area contributed by atoms with Gasteiger partial charge in [0.1, 0.15) is 0 Å². The number of nitrogens with one attached hydrogen (secondary N) is 2. The topological polar surface area (TPSA) is 122 Å². The van der Waals surface area contributed by atoms with Gasteiger partial charge < -0.3 is 11.1 Å². The Morgan fingerprint density at radius 3 is 2.55 bits per heavy atom. The molecule has 0 saturated carbocycles. The number of carbonyl (C=O) groups is 2. The molecule has 2 aromatic carbocycles. The van der Waals surface area contributed by atoms with Crippen molar-refractivity contribution < 1.29 is 18.0 Å². The Morgan fingerprint density at radius 2 is 1.84 bits per heavy atom. The van der Waals surface area contributed by atoms with Crippen LogP contribution in [-0.4, -0.2) is 51.3 Å². The minimum absolute atomic E-state index is 0.111. The normalized spacial score (nSPS) is 17.3. The molecule has 0 aliphatic carbocycles. The summed E-state index contributed by atoms with van der Waals surface area (Å²) >= 11 is 0. The molecule has 0 unspecified atom stereocenters. The Balaban J connectivity index is 1.53. The smallest absolute Gasteiger partial charge is 0.250 e. The quantitative estimate of drug-likeness (QED) is 0.572. The van der Waals surface area contributed by atoms with Crippen LogP contribution in [0.2, 0.25) is 0 Å². The van der Waals surface area contributed by atoms with Crippen molar-refractivity contribution in [3.8, 4) is 0 Å². The number of nitrogens with two attached hydrogens (primary N) is 1. The van der Waals surface area contributed by atoms with Gasteiger partial charge in [0.2, 0.25) is 15.9 Å². The standard InChI is InChI=1S/C22H28N4O4S/c1-16-8-10-18(11-9-16)31(29,30)24-13-17-5-4-12-26(14-17)15-21(27)25-20-7-3-2-6-19(20)22(23)28/h2-3,6-11,17,24H,4-5,12-15H2,1H3,(H2,23,28)(H,25,27)/t17-/m1/s1. The van der Waals surface area contributed by atoms with Gasteiger partial charge in [0, 0.05) is 13.1 Å². The summed E-state index contributed by atoms with van der Waals surface area (Å²) in [6.07, 6.45) is 1.77. The molecule has 1 saturated heterocycles. The van der Waals surface area contributed by atoms with Gasteiger partial charge in [-0.15, -0.1) is 0 Å². The van der Waals surface area contributed by atoms with Crippen molar-refractivity contribution in [2.75, 3.05) is 31.5 Å². The Kier molecular flexibility index (Phi) is 7.42. The minimum Gasteiger partial charge on any atom is -0.366 e. The Labute approximate surface area is 182 Å². The maximum Gasteiger partial charge on any atom is 0.250 e. The van der Waals surface area contributed by atoms with Crippen molar-refractivity contribution in [3.63, 3.8) is 0 Å². The van der Waals surface area contributed by atoms with Crippen LogP contribution in [0.4, 0.5) is 5.69 Å². The molecule has 0 spiro atoms. The number of likely N-dealkylation sites (tertiary alicyclic amines) is 1. The van der Waals surface area contributed by atoms with Crippen LogP contribution in [0, 0.1) is 12.8 Å². The first-order valence-electron chi connectivity index (χ1n) is 10.2. The lowest BCUT2D eigenvalue weighted by Crippen LogP contribution is -2.44. The third-order valence-electron chi connectivity index (χ3n) is 5.33. The molecule has 1 fully saturated rings. The highest BCUT2D eigenvalue weighted by Crippen LogP contribution is 2.18. The second-order valence-electron chi connectivity index (χ2n) is 7.87. The third-order valence-corrected chi connectivity index (χ3v) is 6.77. The van der Waals surface area contributed by atoms with E-state index < -0.39 is 15.9 Å². The number of aryl methyl sites for hydroxylation is 1. The second kappa shape index (κ2) is 10.0. The lowest BCUT2D eigenvalue weighted by Gasteiger charge is -2.32. The van der Waals surface area contributed by atoms with E-state index >= 15 is 0 Å². The molecule has 8 nitrogen and oxygen atoms in total. The van der Waals surface area contributed by atoms with Gasteiger partial charge in [0.25, 0.3) is 5.91 Å². The fourth-order valence-corrected chi connectivity index (χ4v) is 4.81. The van der Waals surface area contributed by atoms with Gasteiger partial charge in [-0.3, -0.25) is 14.5 Å². The van der Waals surface area contributed by atoms with Gasteiger partial charge in [-0.25, -0.2) is 13.1 Å². The molecule has 1 aliphatic rings. The van der Waals surface area contributed by atoms with Crippen LogP contribution in [0.15, 0.2) is 53.4 Å². The number of hydrogen-bond donors (Lipinski definition) is 3. The monoisotopic (exact) mass is 444 g/mol. The van der Waals surface area contributed by atoms with E-state index in [1.807, 2.05) is 11.8 Å². The molecule has 2 amide bonds. The highest BCUT2D eigenvalue weighted by molar-refractivity contribution is 7.89. The Bertz CT molecular complexity index is 1040. The molecule has 4 N–H and O–H groups in total. The average Bonchev–Trinajstić information content (AvgIpc) is 2.73. The second-order valence-corrected chi connectivity index (χ2v) is 9.63. The number of piperidine rings is 1. The fourth-order valence-electron chi connectivity index (χ4n) is 3.69. The number of hydrogen-bond acceptors (Lipinski definition) is 5. The molecule has 1 heterocycles. The molecule has 3 rings (SSSR count). The van der Waals surface area contributed by atoms with Gasteiger partial charge in [-0.1, -0.05) is 29.8 Å². The molecule has 0 aromatic heterocycles. The van der Waals surface area contributed by atoms with Gasteiger partial charge in [0.15, 0.2) is 0 Å². The zero-order valence-corrected chi connectivity index (χ0v) is 18.3. The van der Waals surface area contributed by atoms with Gasteiger partial charge in [-0.2, -0.15) is 0 Å². The number of benzene rings is 2. The van der Waals surface area contributed by atoms with E-state index in [0.29, 0.717) is 18.8 Å². The summed E-state index contributed by atoms with van der Waals surface area (Å²) in [5.41, 5.74) is 7.00. The summed E-state index contributed by atoms with van der Waals surface area (Å²) in [6.45, 7) is 3.75. The first kappa shape index (κ1) is 22.9. The van der Waals surface area contributed by atoms with Crippen LogP contribution in [0.3, 0.4) is 0 Å². The molecule has 1 aliphatic heterocycles. The van der Waals surface area contributed by atoms with E-state index in [0.717, 1.165) is 24.9 Å². The van der Waals surface area contributed by atoms with Gasteiger partial charge >= 0.3 is 0 Å². The van der Waals surface area contributed by atoms with Crippen molar-refractivity contribution in [3.05, 3.63) is 59.7 Å². The van der Waals surface area contributed by atoms with E-state index in [1.54, 1.807) is 48.5 Å². The first-order chi connectivity index (χ1) is 14.7. The largest absolute Gasteiger partial charge is 0.366 e. The van der Waals surface area contributed by atoms with E-state index in [9.17, 15) is 18.0 Å². The predicted molar refractivity (Wildman–Crippen MR) is 119 cm³/mol. The van der Waals surface area contributed by atoms with E-state index in [4.69, 9.17) is 5.73 Å². The summed E-state index contributed by atoms with van der Waals surface area (Å²) in [4.78, 5) is 26.2. The van der Waals surface area contributed by atoms with E-state index in [2.05, 4.69) is 10.0 Å². The molecule has 9 heteroatoms. The first-order valence-corrected chi connectivity index (χ1v) is 11.7. The summed E-state index contributed by atoms with van der Waals surface area (Å²) in [5.74, 6) is -0.732. The van der Waals surface area contributed by atoms with Crippen LogP contribution in [-0.2, 0) is 14.8 Å². The van der Waals surface area contributed by atoms with Crippen molar-refractivity contribution in [2.24, 2.45) is 11.7 Å². The lowest BCUT2D eigenvalue weighted by molar-refractivity contribution is -0.117. The van der Waals surface area contributed by atoms with Gasteiger partial charge in [-0.05, 0) is 56.5 Å². The number of rotatable bonds is 8. The summed E-state index contributed by atoms with van der Waals surface area (Å²) in [5, 5.41) is 2.74. The van der Waals surface area contributed by atoms with Crippen LogP contribution >= 0.6 is 0 Å². The van der Waals surface area contributed by atoms with Crippen LogP contribution < -0.4 is 15.8 Å². The maximum absolute atomic E-state index is 12.5. The molecule has 0 bridgehead atoms. The van der Waals surface area contributed by atoms with Crippen LogP contribution in [0.1, 0.15) is 28.8 Å². The summed E-state index contributed by atoms with van der Waals surface area (Å²) < 4.78 is 27.7. The number of carbonyl (C=O) groups excluding carboxylic acids is 2. The Morgan fingerprint density at radius 1 is 1.13 bits per heavy atom. The molecular weight excluding hydrogens is 416 g/mol. The molecule has 2 aromatic rings. The number of primary amides is 1.